The fourth-order valence-corrected chi connectivity index (χ4v) is 1.21. The van der Waals surface area contributed by atoms with Crippen LogP contribution in [0.2, 0.25) is 0 Å². The Bertz CT molecular complexity index is 478. The molecule has 1 aromatic carbocycles. The van der Waals surface area contributed by atoms with Gasteiger partial charge in [0.1, 0.15) is 6.61 Å². The zero-order chi connectivity index (χ0) is 13.4. The van der Waals surface area contributed by atoms with Gasteiger partial charge in [-0.3, -0.25) is 4.79 Å². The Morgan fingerprint density at radius 3 is 2.50 bits per heavy atom. The molecule has 0 unspecified atom stereocenters. The first kappa shape index (κ1) is 13.8. The molecule has 1 rings (SSSR count). The van der Waals surface area contributed by atoms with Gasteiger partial charge in [0, 0.05) is 0 Å². The van der Waals surface area contributed by atoms with E-state index in [1.807, 2.05) is 30.3 Å². The number of carbonyl (C=O) groups excluding carboxylic acids is 2. The summed E-state index contributed by atoms with van der Waals surface area (Å²) >= 11 is 0. The Labute approximate surface area is 104 Å². The van der Waals surface area contributed by atoms with Crippen LogP contribution in [0.4, 0.5) is 0 Å². The van der Waals surface area contributed by atoms with Crippen LogP contribution in [-0.2, 0) is 25.7 Å². The maximum Gasteiger partial charge on any atom is 0.443 e. The molecule has 0 saturated carbocycles. The van der Waals surface area contributed by atoms with Crippen molar-refractivity contribution in [2.75, 3.05) is 13.7 Å². The van der Waals surface area contributed by atoms with E-state index in [0.717, 1.165) is 12.7 Å². The summed E-state index contributed by atoms with van der Waals surface area (Å²) in [6, 6.07) is 9.23. The lowest BCUT2D eigenvalue weighted by molar-refractivity contribution is -0.140. The average molecular weight is 248 g/mol. The Hall–Kier alpha value is -2.30. The number of benzene rings is 1. The summed E-state index contributed by atoms with van der Waals surface area (Å²) in [5.74, 6) is -1.73. The molecule has 0 radical (unpaired) electrons. The number of rotatable bonds is 6. The van der Waals surface area contributed by atoms with Crippen LogP contribution < -0.4 is 0 Å². The van der Waals surface area contributed by atoms with Crippen molar-refractivity contribution in [3.8, 4) is 0 Å². The van der Waals surface area contributed by atoms with Gasteiger partial charge in [0.2, 0.25) is 0 Å². The summed E-state index contributed by atoms with van der Waals surface area (Å²) in [6.45, 7) is -0.129. The lowest BCUT2D eigenvalue weighted by Crippen LogP contribution is -2.29. The Morgan fingerprint density at radius 1 is 1.28 bits per heavy atom. The van der Waals surface area contributed by atoms with Crippen molar-refractivity contribution < 1.29 is 23.9 Å². The maximum atomic E-state index is 11.4. The van der Waals surface area contributed by atoms with Crippen LogP contribution in [0.25, 0.3) is 5.53 Å². The number of nitrogens with zero attached hydrogens (tertiary/aromatic N) is 2. The summed E-state index contributed by atoms with van der Waals surface area (Å²) in [4.78, 5) is 25.1. The highest BCUT2D eigenvalue weighted by Gasteiger charge is 2.30. The molecule has 6 nitrogen and oxygen atoms in total. The van der Waals surface area contributed by atoms with Crippen molar-refractivity contribution >= 4 is 17.5 Å². The van der Waals surface area contributed by atoms with Gasteiger partial charge in [-0.1, -0.05) is 30.3 Å². The minimum absolute atomic E-state index is 0.229. The SMILES string of the molecule is COC(=O)C(=[N+]=[N-])C(=O)COCc1ccccc1. The van der Waals surface area contributed by atoms with Crippen molar-refractivity contribution in [1.82, 2.24) is 0 Å². The highest BCUT2D eigenvalue weighted by molar-refractivity contribution is 6.62. The molecule has 1 aromatic rings. The summed E-state index contributed by atoms with van der Waals surface area (Å²) in [5.41, 5.74) is 8.74. The van der Waals surface area contributed by atoms with Gasteiger partial charge in [-0.2, -0.15) is 4.79 Å². The van der Waals surface area contributed by atoms with E-state index < -0.39 is 17.5 Å². The van der Waals surface area contributed by atoms with Crippen molar-refractivity contribution in [2.24, 2.45) is 0 Å². The Morgan fingerprint density at radius 2 is 1.94 bits per heavy atom. The molecule has 0 atom stereocenters. The van der Waals surface area contributed by atoms with Crippen LogP contribution in [0.15, 0.2) is 30.3 Å². The molecular weight excluding hydrogens is 236 g/mol. The lowest BCUT2D eigenvalue weighted by Gasteiger charge is -2.01. The summed E-state index contributed by atoms with van der Waals surface area (Å²) in [6.07, 6.45) is 0. The zero-order valence-corrected chi connectivity index (χ0v) is 9.83. The molecular formula is C12H12N2O4. The normalized spacial score (nSPS) is 9.39. The van der Waals surface area contributed by atoms with Crippen LogP contribution in [0.5, 0.6) is 0 Å². The second-order valence-corrected chi connectivity index (χ2v) is 3.34. The molecule has 18 heavy (non-hydrogen) atoms. The molecule has 94 valence electrons. The smallest absolute Gasteiger partial charge is 0.443 e. The van der Waals surface area contributed by atoms with Gasteiger partial charge in [0.25, 0.3) is 5.78 Å². The standard InChI is InChI=1S/C12H12N2O4/c1-17-12(16)11(14-13)10(15)8-18-7-9-5-3-2-4-6-9/h2-6H,7-8H2,1H3. The first-order valence-corrected chi connectivity index (χ1v) is 5.14. The Kier molecular flexibility index (Phi) is 5.44. The van der Waals surface area contributed by atoms with Gasteiger partial charge >= 0.3 is 11.7 Å². The fraction of sp³-hybridized carbons (Fsp3) is 0.250. The van der Waals surface area contributed by atoms with E-state index in [1.165, 1.54) is 0 Å². The first-order valence-electron chi connectivity index (χ1n) is 5.14. The predicted molar refractivity (Wildman–Crippen MR) is 61.7 cm³/mol. The molecule has 0 aliphatic rings. The summed E-state index contributed by atoms with van der Waals surface area (Å²) in [7, 11) is 1.09. The third-order valence-electron chi connectivity index (χ3n) is 2.09. The second kappa shape index (κ2) is 7.11. The Balaban J connectivity index is 2.47. The average Bonchev–Trinajstić information content (AvgIpc) is 2.40. The van der Waals surface area contributed by atoms with Crippen LogP contribution in [0.3, 0.4) is 0 Å². The fourth-order valence-electron chi connectivity index (χ4n) is 1.21. The minimum Gasteiger partial charge on any atom is -0.460 e. The molecule has 0 saturated heterocycles. The molecule has 0 aliphatic carbocycles. The van der Waals surface area contributed by atoms with Gasteiger partial charge in [-0.25, -0.2) is 4.79 Å². The maximum absolute atomic E-state index is 11.4. The van der Waals surface area contributed by atoms with E-state index in [9.17, 15) is 9.59 Å². The predicted octanol–water partition coefficient (Wildman–Crippen LogP) is 0.616. The first-order chi connectivity index (χ1) is 8.69. The summed E-state index contributed by atoms with van der Waals surface area (Å²) in [5, 5.41) is 0. The molecule has 0 bridgehead atoms. The highest BCUT2D eigenvalue weighted by Crippen LogP contribution is 2.00. The molecule has 0 spiro atoms. The number of hydrogen-bond acceptors (Lipinski definition) is 4. The largest absolute Gasteiger partial charge is 0.460 e. The number of ether oxygens (including phenoxy) is 2. The molecule has 0 aromatic heterocycles. The van der Waals surface area contributed by atoms with Crippen LogP contribution >= 0.6 is 0 Å². The van der Waals surface area contributed by atoms with E-state index in [0.29, 0.717) is 0 Å². The third kappa shape index (κ3) is 3.93. The van der Waals surface area contributed by atoms with Crippen LogP contribution in [-0.4, -0.2) is 36.0 Å². The van der Waals surface area contributed by atoms with E-state index in [-0.39, 0.29) is 13.2 Å². The topological polar surface area (TPSA) is 89.0 Å². The van der Waals surface area contributed by atoms with E-state index in [2.05, 4.69) is 9.53 Å². The van der Waals surface area contributed by atoms with Crippen LogP contribution in [0, 0.1) is 0 Å². The van der Waals surface area contributed by atoms with Gasteiger partial charge in [0.15, 0.2) is 0 Å². The molecule has 0 N–H and O–H groups in total. The van der Waals surface area contributed by atoms with E-state index in [1.54, 1.807) is 0 Å². The monoisotopic (exact) mass is 248 g/mol. The molecule has 6 heteroatoms. The second-order valence-electron chi connectivity index (χ2n) is 3.34. The molecule has 0 amide bonds. The molecule has 0 aliphatic heterocycles. The number of carbonyl (C=O) groups is 2. The minimum atomic E-state index is -0.995. The molecule has 0 heterocycles. The number of ketones is 1. The summed E-state index contributed by atoms with van der Waals surface area (Å²) < 4.78 is 9.39. The lowest BCUT2D eigenvalue weighted by atomic mass is 10.2. The van der Waals surface area contributed by atoms with Gasteiger partial charge < -0.3 is 15.0 Å². The van der Waals surface area contributed by atoms with Gasteiger partial charge in [-0.15, -0.1) is 0 Å². The highest BCUT2D eigenvalue weighted by atomic mass is 16.5. The van der Waals surface area contributed by atoms with Crippen molar-refractivity contribution in [1.29, 1.82) is 0 Å². The van der Waals surface area contributed by atoms with Crippen molar-refractivity contribution in [3.63, 3.8) is 0 Å². The number of Topliss-reactive ketones (excluding diaryl/α,β-unsaturated/α-hetero) is 1. The van der Waals surface area contributed by atoms with Gasteiger partial charge in [0.05, 0.1) is 13.7 Å². The quantitative estimate of drug-likeness (QED) is 0.242. The van der Waals surface area contributed by atoms with Gasteiger partial charge in [-0.05, 0) is 5.56 Å². The van der Waals surface area contributed by atoms with Crippen LogP contribution in [0.1, 0.15) is 5.56 Å². The third-order valence-corrected chi connectivity index (χ3v) is 2.09. The van der Waals surface area contributed by atoms with Crippen molar-refractivity contribution in [3.05, 3.63) is 41.4 Å². The zero-order valence-electron chi connectivity index (χ0n) is 9.83. The van der Waals surface area contributed by atoms with E-state index >= 15 is 0 Å². The van der Waals surface area contributed by atoms with Crippen molar-refractivity contribution in [2.45, 2.75) is 6.61 Å². The number of hydrogen-bond donors (Lipinski definition) is 0. The van der Waals surface area contributed by atoms with E-state index in [4.69, 9.17) is 10.3 Å². The number of esters is 1. The molecule has 0 fully saturated rings. The number of methoxy groups -OCH3 is 1.